The van der Waals surface area contributed by atoms with Gasteiger partial charge in [-0.1, -0.05) is 22.0 Å². The molecule has 1 saturated heterocycles. The number of carboxylic acids is 1. The molecule has 0 spiro atoms. The SMILES string of the molecule is O=C(O)[C@@H]1CCN(C(=O)c2ccc(COc3cccc(Br)c3)o2)C1. The number of carbonyl (C=O) groups is 2. The maximum absolute atomic E-state index is 12.3. The van der Waals surface area contributed by atoms with Crippen molar-refractivity contribution in [1.82, 2.24) is 4.90 Å². The first-order chi connectivity index (χ1) is 11.5. The first kappa shape index (κ1) is 16.6. The van der Waals surface area contributed by atoms with Gasteiger partial charge in [0.1, 0.15) is 18.1 Å². The molecule has 6 nitrogen and oxygen atoms in total. The van der Waals surface area contributed by atoms with Crippen LogP contribution in [0.15, 0.2) is 45.3 Å². The van der Waals surface area contributed by atoms with Gasteiger partial charge in [-0.25, -0.2) is 0 Å². The predicted octanol–water partition coefficient (Wildman–Crippen LogP) is 3.17. The monoisotopic (exact) mass is 393 g/mol. The van der Waals surface area contributed by atoms with E-state index in [4.69, 9.17) is 14.3 Å². The molecule has 1 aromatic heterocycles. The third-order valence-corrected chi connectivity index (χ3v) is 4.37. The lowest BCUT2D eigenvalue weighted by atomic mass is 10.1. The third kappa shape index (κ3) is 3.79. The summed E-state index contributed by atoms with van der Waals surface area (Å²) in [7, 11) is 0. The quantitative estimate of drug-likeness (QED) is 0.843. The minimum absolute atomic E-state index is 0.203. The van der Waals surface area contributed by atoms with Crippen LogP contribution in [0.3, 0.4) is 0 Å². The van der Waals surface area contributed by atoms with Crippen LogP contribution >= 0.6 is 15.9 Å². The summed E-state index contributed by atoms with van der Waals surface area (Å²) in [4.78, 5) is 24.8. The Morgan fingerprint density at radius 1 is 1.33 bits per heavy atom. The molecule has 2 aromatic rings. The average molecular weight is 394 g/mol. The highest BCUT2D eigenvalue weighted by molar-refractivity contribution is 9.10. The Labute approximate surface area is 147 Å². The standard InChI is InChI=1S/C17H16BrNO5/c18-12-2-1-3-13(8-12)23-10-14-4-5-15(24-14)16(20)19-7-6-11(9-19)17(21)22/h1-5,8,11H,6-7,9-10H2,(H,21,22)/t11-/m1/s1. The number of hydrogen-bond donors (Lipinski definition) is 1. The number of benzene rings is 1. The molecule has 1 aliphatic heterocycles. The van der Waals surface area contributed by atoms with Gasteiger partial charge >= 0.3 is 5.97 Å². The summed E-state index contributed by atoms with van der Waals surface area (Å²) in [6, 6.07) is 10.7. The zero-order valence-corrected chi connectivity index (χ0v) is 14.4. The summed E-state index contributed by atoms with van der Waals surface area (Å²) in [5.74, 6) is -0.220. The number of likely N-dealkylation sites (tertiary alicyclic amines) is 1. The summed E-state index contributed by atoms with van der Waals surface area (Å²) >= 11 is 3.37. The van der Waals surface area contributed by atoms with Crippen LogP contribution in [0.5, 0.6) is 5.75 Å². The first-order valence-corrected chi connectivity index (χ1v) is 8.31. The number of hydrogen-bond acceptors (Lipinski definition) is 4. The van der Waals surface area contributed by atoms with Crippen molar-refractivity contribution in [3.8, 4) is 5.75 Å². The van der Waals surface area contributed by atoms with Gasteiger partial charge in [0.05, 0.1) is 5.92 Å². The Balaban J connectivity index is 1.59. The smallest absolute Gasteiger partial charge is 0.308 e. The fourth-order valence-corrected chi connectivity index (χ4v) is 2.96. The molecule has 1 amide bonds. The summed E-state index contributed by atoms with van der Waals surface area (Å²) < 4.78 is 12.1. The van der Waals surface area contributed by atoms with Crippen molar-refractivity contribution < 1.29 is 23.8 Å². The van der Waals surface area contributed by atoms with Gasteiger partial charge in [-0.15, -0.1) is 0 Å². The fraction of sp³-hybridized carbons (Fsp3) is 0.294. The molecular formula is C17H16BrNO5. The van der Waals surface area contributed by atoms with E-state index >= 15 is 0 Å². The first-order valence-electron chi connectivity index (χ1n) is 7.52. The van der Waals surface area contributed by atoms with E-state index in [9.17, 15) is 9.59 Å². The van der Waals surface area contributed by atoms with Crippen LogP contribution in [0.25, 0.3) is 0 Å². The Kier molecular flexibility index (Phi) is 4.89. The van der Waals surface area contributed by atoms with Crippen LogP contribution in [-0.2, 0) is 11.4 Å². The molecule has 1 atom stereocenters. The molecule has 0 bridgehead atoms. The molecule has 24 heavy (non-hydrogen) atoms. The largest absolute Gasteiger partial charge is 0.486 e. The number of rotatable bonds is 5. The van der Waals surface area contributed by atoms with Crippen molar-refractivity contribution >= 4 is 27.8 Å². The maximum atomic E-state index is 12.3. The molecule has 3 rings (SSSR count). The van der Waals surface area contributed by atoms with E-state index in [-0.39, 0.29) is 24.8 Å². The summed E-state index contributed by atoms with van der Waals surface area (Å²) in [6.07, 6.45) is 0.473. The molecule has 7 heteroatoms. The minimum atomic E-state index is -0.868. The topological polar surface area (TPSA) is 80.0 Å². The Morgan fingerprint density at radius 3 is 2.88 bits per heavy atom. The Morgan fingerprint density at radius 2 is 2.17 bits per heavy atom. The molecule has 1 fully saturated rings. The number of carboxylic acid groups (broad SMARTS) is 1. The highest BCUT2D eigenvalue weighted by Gasteiger charge is 2.32. The summed E-state index contributed by atoms with van der Waals surface area (Å²) in [5.41, 5.74) is 0. The van der Waals surface area contributed by atoms with Gasteiger partial charge in [0.15, 0.2) is 5.76 Å². The van der Waals surface area contributed by atoms with Crippen molar-refractivity contribution in [2.75, 3.05) is 13.1 Å². The third-order valence-electron chi connectivity index (χ3n) is 3.87. The fourth-order valence-electron chi connectivity index (χ4n) is 2.58. The summed E-state index contributed by atoms with van der Waals surface area (Å²) in [5, 5.41) is 9.00. The van der Waals surface area contributed by atoms with Gasteiger partial charge in [0.25, 0.3) is 5.91 Å². The van der Waals surface area contributed by atoms with Crippen LogP contribution in [-0.4, -0.2) is 35.0 Å². The highest BCUT2D eigenvalue weighted by atomic mass is 79.9. The van der Waals surface area contributed by atoms with Gasteiger partial charge in [0, 0.05) is 17.6 Å². The van der Waals surface area contributed by atoms with E-state index in [1.54, 1.807) is 12.1 Å². The second-order valence-corrected chi connectivity index (χ2v) is 6.50. The predicted molar refractivity (Wildman–Crippen MR) is 88.8 cm³/mol. The molecule has 1 aromatic carbocycles. The van der Waals surface area contributed by atoms with Crippen LogP contribution < -0.4 is 4.74 Å². The van der Waals surface area contributed by atoms with Crippen molar-refractivity contribution in [3.63, 3.8) is 0 Å². The van der Waals surface area contributed by atoms with Crippen LogP contribution in [0, 0.1) is 5.92 Å². The normalized spacial score (nSPS) is 17.0. The van der Waals surface area contributed by atoms with E-state index in [0.29, 0.717) is 24.5 Å². The van der Waals surface area contributed by atoms with Crippen LogP contribution in [0.1, 0.15) is 22.7 Å². The van der Waals surface area contributed by atoms with E-state index < -0.39 is 11.9 Å². The van der Waals surface area contributed by atoms with Gasteiger partial charge in [-0.2, -0.15) is 0 Å². The molecule has 0 unspecified atom stereocenters. The number of halogens is 1. The summed E-state index contributed by atoms with van der Waals surface area (Å²) in [6.45, 7) is 0.862. The molecule has 0 aliphatic carbocycles. The van der Waals surface area contributed by atoms with Gasteiger partial charge < -0.3 is 19.2 Å². The van der Waals surface area contributed by atoms with Gasteiger partial charge in [0.2, 0.25) is 0 Å². The molecular weight excluding hydrogens is 378 g/mol. The Bertz CT molecular complexity index is 757. The number of amides is 1. The minimum Gasteiger partial charge on any atom is -0.486 e. The van der Waals surface area contributed by atoms with Gasteiger partial charge in [-0.05, 0) is 36.8 Å². The molecule has 1 aliphatic rings. The van der Waals surface area contributed by atoms with E-state index in [0.717, 1.165) is 4.47 Å². The Hall–Kier alpha value is -2.28. The zero-order valence-electron chi connectivity index (χ0n) is 12.8. The molecule has 0 saturated carbocycles. The van der Waals surface area contributed by atoms with Gasteiger partial charge in [-0.3, -0.25) is 9.59 Å². The highest BCUT2D eigenvalue weighted by Crippen LogP contribution is 2.22. The maximum Gasteiger partial charge on any atom is 0.308 e. The van der Waals surface area contributed by atoms with E-state index in [1.807, 2.05) is 24.3 Å². The van der Waals surface area contributed by atoms with Crippen LogP contribution in [0.4, 0.5) is 0 Å². The lowest BCUT2D eigenvalue weighted by Crippen LogP contribution is -2.29. The molecule has 0 radical (unpaired) electrons. The average Bonchev–Trinajstić information content (AvgIpc) is 3.22. The second kappa shape index (κ2) is 7.09. The van der Waals surface area contributed by atoms with E-state index in [2.05, 4.69) is 15.9 Å². The van der Waals surface area contributed by atoms with Crippen LogP contribution in [0.2, 0.25) is 0 Å². The lowest BCUT2D eigenvalue weighted by molar-refractivity contribution is -0.141. The number of carbonyl (C=O) groups excluding carboxylic acids is 1. The molecule has 1 N–H and O–H groups in total. The van der Waals surface area contributed by atoms with Crippen molar-refractivity contribution in [1.29, 1.82) is 0 Å². The number of aliphatic carboxylic acids is 1. The zero-order chi connectivity index (χ0) is 17.1. The van der Waals surface area contributed by atoms with Crippen molar-refractivity contribution in [2.24, 2.45) is 5.92 Å². The van der Waals surface area contributed by atoms with Crippen molar-refractivity contribution in [2.45, 2.75) is 13.0 Å². The number of nitrogens with zero attached hydrogens (tertiary/aromatic N) is 1. The van der Waals surface area contributed by atoms with Crippen molar-refractivity contribution in [3.05, 3.63) is 52.4 Å². The lowest BCUT2D eigenvalue weighted by Gasteiger charge is -2.13. The number of ether oxygens (including phenoxy) is 1. The second-order valence-electron chi connectivity index (χ2n) is 5.59. The molecule has 126 valence electrons. The van der Waals surface area contributed by atoms with E-state index in [1.165, 1.54) is 4.90 Å². The molecule has 2 heterocycles. The number of furan rings is 1.